The van der Waals surface area contributed by atoms with Crippen molar-refractivity contribution in [1.29, 1.82) is 0 Å². The van der Waals surface area contributed by atoms with Crippen LogP contribution in [0.1, 0.15) is 36.3 Å². The quantitative estimate of drug-likeness (QED) is 0.755. The van der Waals surface area contributed by atoms with Gasteiger partial charge < -0.3 is 19.8 Å². The van der Waals surface area contributed by atoms with Crippen molar-refractivity contribution in [2.75, 3.05) is 13.7 Å². The highest BCUT2D eigenvalue weighted by Gasteiger charge is 2.10. The minimum absolute atomic E-state index is 0.210. The number of aromatic nitrogens is 1. The Bertz CT molecular complexity index is 683. The molecule has 0 fully saturated rings. The average molecular weight is 351 g/mol. The Labute approximate surface area is 147 Å². The van der Waals surface area contributed by atoms with Crippen LogP contribution in [0.3, 0.4) is 0 Å². The Hall–Kier alpha value is -2.14. The predicted octanol–water partition coefficient (Wildman–Crippen LogP) is 4.03. The topological polar surface area (TPSA) is 63.3 Å². The van der Waals surface area contributed by atoms with Gasteiger partial charge in [-0.2, -0.15) is 0 Å². The molecule has 5 nitrogen and oxygen atoms in total. The molecule has 0 bridgehead atoms. The van der Waals surface area contributed by atoms with E-state index in [4.69, 9.17) is 21.1 Å². The molecule has 0 aliphatic rings. The molecule has 0 atom stereocenters. The summed E-state index contributed by atoms with van der Waals surface area (Å²) in [6.07, 6.45) is 2.56. The van der Waals surface area contributed by atoms with Crippen molar-refractivity contribution in [3.63, 3.8) is 0 Å². The summed E-state index contributed by atoms with van der Waals surface area (Å²) in [4.78, 5) is 14.8. The molecule has 0 saturated carbocycles. The van der Waals surface area contributed by atoms with Gasteiger partial charge in [-0.25, -0.2) is 0 Å². The van der Waals surface area contributed by atoms with Gasteiger partial charge in [-0.15, -0.1) is 0 Å². The molecule has 1 amide bonds. The molecule has 2 aromatic rings. The number of ether oxygens (including phenoxy) is 2. The number of halogens is 1. The SMILES string of the molecule is COc1cc(CNC(=O)c2cc(Cl)c[nH]2)ccc1OCCC(C)C. The summed E-state index contributed by atoms with van der Waals surface area (Å²) in [5.41, 5.74) is 1.36. The molecule has 0 radical (unpaired) electrons. The zero-order valence-corrected chi connectivity index (χ0v) is 14.9. The van der Waals surface area contributed by atoms with Gasteiger partial charge in [-0.1, -0.05) is 31.5 Å². The molecule has 2 N–H and O–H groups in total. The second-order valence-corrected chi connectivity index (χ2v) is 6.37. The van der Waals surface area contributed by atoms with Gasteiger partial charge in [-0.3, -0.25) is 4.79 Å². The second kappa shape index (κ2) is 8.64. The maximum Gasteiger partial charge on any atom is 0.268 e. The zero-order chi connectivity index (χ0) is 17.5. The smallest absolute Gasteiger partial charge is 0.268 e. The van der Waals surface area contributed by atoms with Crippen molar-refractivity contribution >= 4 is 17.5 Å². The summed E-state index contributed by atoms with van der Waals surface area (Å²) in [7, 11) is 1.61. The summed E-state index contributed by atoms with van der Waals surface area (Å²) in [6.45, 7) is 5.35. The van der Waals surface area contributed by atoms with Gasteiger partial charge in [0.2, 0.25) is 0 Å². The van der Waals surface area contributed by atoms with E-state index in [1.165, 1.54) is 0 Å². The normalized spacial score (nSPS) is 10.7. The van der Waals surface area contributed by atoms with Crippen LogP contribution in [-0.4, -0.2) is 24.6 Å². The lowest BCUT2D eigenvalue weighted by Gasteiger charge is -2.13. The maximum absolute atomic E-state index is 12.0. The van der Waals surface area contributed by atoms with Crippen LogP contribution in [0.4, 0.5) is 0 Å². The van der Waals surface area contributed by atoms with Gasteiger partial charge in [-0.05, 0) is 36.1 Å². The number of amides is 1. The molecule has 0 spiro atoms. The van der Waals surface area contributed by atoms with E-state index in [0.717, 1.165) is 12.0 Å². The van der Waals surface area contributed by atoms with Crippen LogP contribution < -0.4 is 14.8 Å². The average Bonchev–Trinajstić information content (AvgIpc) is 2.99. The monoisotopic (exact) mass is 350 g/mol. The molecule has 1 aromatic carbocycles. The van der Waals surface area contributed by atoms with Gasteiger partial charge in [0, 0.05) is 12.7 Å². The molecule has 1 aromatic heterocycles. The summed E-state index contributed by atoms with van der Waals surface area (Å²) in [6, 6.07) is 7.23. The fourth-order valence-electron chi connectivity index (χ4n) is 2.12. The van der Waals surface area contributed by atoms with Crippen molar-refractivity contribution in [2.24, 2.45) is 5.92 Å². The molecule has 130 valence electrons. The lowest BCUT2D eigenvalue weighted by atomic mass is 10.1. The molecular formula is C18H23ClN2O3. The fourth-order valence-corrected chi connectivity index (χ4v) is 2.29. The van der Waals surface area contributed by atoms with Gasteiger partial charge in [0.25, 0.3) is 5.91 Å². The number of methoxy groups -OCH3 is 1. The van der Waals surface area contributed by atoms with Crippen LogP contribution in [0.25, 0.3) is 0 Å². The molecule has 0 aliphatic heterocycles. The van der Waals surface area contributed by atoms with Crippen LogP contribution in [0.5, 0.6) is 11.5 Å². The lowest BCUT2D eigenvalue weighted by molar-refractivity contribution is 0.0946. The molecule has 2 rings (SSSR count). The van der Waals surface area contributed by atoms with Crippen LogP contribution in [-0.2, 0) is 6.54 Å². The summed E-state index contributed by atoms with van der Waals surface area (Å²) in [5.74, 6) is 1.75. The molecule has 0 unspecified atom stereocenters. The molecule has 6 heteroatoms. The first kappa shape index (κ1) is 18.2. The number of carbonyl (C=O) groups is 1. The summed E-state index contributed by atoms with van der Waals surface area (Å²) >= 11 is 5.80. The van der Waals surface area contributed by atoms with Crippen LogP contribution in [0.2, 0.25) is 5.02 Å². The van der Waals surface area contributed by atoms with Gasteiger partial charge in [0.1, 0.15) is 5.69 Å². The Balaban J connectivity index is 1.94. The van der Waals surface area contributed by atoms with Gasteiger partial charge >= 0.3 is 0 Å². The molecular weight excluding hydrogens is 328 g/mol. The third-order valence-electron chi connectivity index (χ3n) is 3.53. The molecule has 0 aliphatic carbocycles. The van der Waals surface area contributed by atoms with Crippen LogP contribution in [0, 0.1) is 5.92 Å². The third kappa shape index (κ3) is 5.20. The number of rotatable bonds is 8. The van der Waals surface area contributed by atoms with Gasteiger partial charge in [0.15, 0.2) is 11.5 Å². The third-order valence-corrected chi connectivity index (χ3v) is 3.74. The minimum Gasteiger partial charge on any atom is -0.493 e. The number of aromatic amines is 1. The first-order valence-electron chi connectivity index (χ1n) is 7.91. The fraction of sp³-hybridized carbons (Fsp3) is 0.389. The number of H-pyrrole nitrogens is 1. The molecule has 24 heavy (non-hydrogen) atoms. The predicted molar refractivity (Wildman–Crippen MR) is 94.9 cm³/mol. The highest BCUT2D eigenvalue weighted by atomic mass is 35.5. The Morgan fingerprint density at radius 1 is 1.29 bits per heavy atom. The van der Waals surface area contributed by atoms with Crippen molar-refractivity contribution in [3.05, 3.63) is 46.7 Å². The number of benzene rings is 1. The first-order valence-corrected chi connectivity index (χ1v) is 8.29. The standard InChI is InChI=1S/C18H23ClN2O3/c1-12(2)6-7-24-16-5-4-13(8-17(16)23-3)10-21-18(22)15-9-14(19)11-20-15/h4-5,8-9,11-12,20H,6-7,10H2,1-3H3,(H,21,22). The Morgan fingerprint density at radius 3 is 2.71 bits per heavy atom. The Kier molecular flexibility index (Phi) is 6.55. The van der Waals surface area contributed by atoms with E-state index < -0.39 is 0 Å². The van der Waals surface area contributed by atoms with E-state index in [1.54, 1.807) is 19.4 Å². The van der Waals surface area contributed by atoms with Gasteiger partial charge in [0.05, 0.1) is 18.7 Å². The van der Waals surface area contributed by atoms with E-state index in [9.17, 15) is 4.79 Å². The van der Waals surface area contributed by atoms with E-state index in [2.05, 4.69) is 24.1 Å². The molecule has 0 saturated heterocycles. The van der Waals surface area contributed by atoms with Crippen LogP contribution in [0.15, 0.2) is 30.5 Å². The van der Waals surface area contributed by atoms with Crippen LogP contribution >= 0.6 is 11.6 Å². The minimum atomic E-state index is -0.210. The summed E-state index contributed by atoms with van der Waals surface area (Å²) < 4.78 is 11.1. The Morgan fingerprint density at radius 2 is 2.08 bits per heavy atom. The number of hydrogen-bond acceptors (Lipinski definition) is 3. The molecule has 1 heterocycles. The van der Waals surface area contributed by atoms with E-state index >= 15 is 0 Å². The maximum atomic E-state index is 12.0. The second-order valence-electron chi connectivity index (χ2n) is 5.93. The van der Waals surface area contributed by atoms with Crippen molar-refractivity contribution in [3.8, 4) is 11.5 Å². The van der Waals surface area contributed by atoms with Crippen molar-refractivity contribution in [2.45, 2.75) is 26.8 Å². The van der Waals surface area contributed by atoms with E-state index in [1.807, 2.05) is 18.2 Å². The first-order chi connectivity index (χ1) is 11.5. The largest absolute Gasteiger partial charge is 0.493 e. The van der Waals surface area contributed by atoms with Crippen molar-refractivity contribution in [1.82, 2.24) is 10.3 Å². The highest BCUT2D eigenvalue weighted by Crippen LogP contribution is 2.28. The van der Waals surface area contributed by atoms with Crippen molar-refractivity contribution < 1.29 is 14.3 Å². The zero-order valence-electron chi connectivity index (χ0n) is 14.2. The highest BCUT2D eigenvalue weighted by molar-refractivity contribution is 6.30. The number of nitrogens with one attached hydrogen (secondary N) is 2. The summed E-state index contributed by atoms with van der Waals surface area (Å²) in [5, 5.41) is 3.34. The van der Waals surface area contributed by atoms with E-state index in [-0.39, 0.29) is 5.91 Å². The van der Waals surface area contributed by atoms with E-state index in [0.29, 0.717) is 41.3 Å². The number of hydrogen-bond donors (Lipinski definition) is 2. The number of carbonyl (C=O) groups excluding carboxylic acids is 1. The lowest BCUT2D eigenvalue weighted by Crippen LogP contribution is -2.23.